The SMILES string of the molecule is C[C@H](OC(=O)C(F)(F)CF)c1ccccc1. The van der Waals surface area contributed by atoms with Crippen molar-refractivity contribution in [1.29, 1.82) is 0 Å². The van der Waals surface area contributed by atoms with Crippen molar-refractivity contribution in [2.45, 2.75) is 19.0 Å². The van der Waals surface area contributed by atoms with E-state index in [2.05, 4.69) is 4.74 Å². The minimum atomic E-state index is -4.07. The molecule has 0 amide bonds. The third kappa shape index (κ3) is 2.98. The smallest absolute Gasteiger partial charge is 0.380 e. The highest BCUT2D eigenvalue weighted by atomic mass is 19.3. The van der Waals surface area contributed by atoms with Crippen molar-refractivity contribution in [3.63, 3.8) is 0 Å². The van der Waals surface area contributed by atoms with Gasteiger partial charge in [-0.15, -0.1) is 0 Å². The van der Waals surface area contributed by atoms with Gasteiger partial charge in [0.2, 0.25) is 0 Å². The highest BCUT2D eigenvalue weighted by Gasteiger charge is 2.41. The van der Waals surface area contributed by atoms with Crippen molar-refractivity contribution < 1.29 is 22.7 Å². The van der Waals surface area contributed by atoms with Gasteiger partial charge in [-0.1, -0.05) is 30.3 Å². The number of hydrogen-bond acceptors (Lipinski definition) is 2. The maximum Gasteiger partial charge on any atom is 0.380 e. The van der Waals surface area contributed by atoms with Gasteiger partial charge in [-0.2, -0.15) is 8.78 Å². The first-order valence-electron chi connectivity index (χ1n) is 4.67. The lowest BCUT2D eigenvalue weighted by Crippen LogP contribution is -2.33. The monoisotopic (exact) mass is 232 g/mol. The Balaban J connectivity index is 2.66. The topological polar surface area (TPSA) is 26.3 Å². The summed E-state index contributed by atoms with van der Waals surface area (Å²) in [6.07, 6.45) is -0.828. The Morgan fingerprint density at radius 3 is 2.44 bits per heavy atom. The second kappa shape index (κ2) is 5.01. The van der Waals surface area contributed by atoms with Gasteiger partial charge >= 0.3 is 11.9 Å². The van der Waals surface area contributed by atoms with Gasteiger partial charge < -0.3 is 4.74 Å². The van der Waals surface area contributed by atoms with E-state index in [1.165, 1.54) is 6.92 Å². The standard InChI is InChI=1S/C11H11F3O2/c1-8(9-5-3-2-4-6-9)16-10(15)11(13,14)7-12/h2-6,8H,7H2,1H3/t8-/m0/s1. The first-order chi connectivity index (χ1) is 7.47. The molecule has 0 saturated carbocycles. The molecule has 0 aromatic heterocycles. The summed E-state index contributed by atoms with van der Waals surface area (Å²) in [5.41, 5.74) is 0.575. The van der Waals surface area contributed by atoms with Gasteiger partial charge in [0, 0.05) is 0 Å². The van der Waals surface area contributed by atoms with E-state index in [0.717, 1.165) is 0 Å². The van der Waals surface area contributed by atoms with Gasteiger partial charge in [0.15, 0.2) is 6.67 Å². The third-order valence-corrected chi connectivity index (χ3v) is 2.02. The number of benzene rings is 1. The van der Waals surface area contributed by atoms with Crippen molar-refractivity contribution in [3.05, 3.63) is 35.9 Å². The van der Waals surface area contributed by atoms with Crippen LogP contribution in [0.25, 0.3) is 0 Å². The van der Waals surface area contributed by atoms with Gasteiger partial charge in [0.05, 0.1) is 0 Å². The van der Waals surface area contributed by atoms with Gasteiger partial charge in [-0.05, 0) is 12.5 Å². The maximum atomic E-state index is 12.6. The first kappa shape index (κ1) is 12.5. The number of hydrogen-bond donors (Lipinski definition) is 0. The van der Waals surface area contributed by atoms with E-state index in [4.69, 9.17) is 0 Å². The van der Waals surface area contributed by atoms with Crippen molar-refractivity contribution in [3.8, 4) is 0 Å². The molecule has 0 heterocycles. The van der Waals surface area contributed by atoms with Crippen LogP contribution in [0.15, 0.2) is 30.3 Å². The zero-order chi connectivity index (χ0) is 12.2. The molecule has 1 aromatic rings. The molecule has 2 nitrogen and oxygen atoms in total. The molecule has 1 atom stereocenters. The van der Waals surface area contributed by atoms with Crippen LogP contribution in [-0.4, -0.2) is 18.6 Å². The van der Waals surface area contributed by atoms with E-state index in [-0.39, 0.29) is 0 Å². The fourth-order valence-corrected chi connectivity index (χ4v) is 1.09. The fraction of sp³-hybridized carbons (Fsp3) is 0.364. The third-order valence-electron chi connectivity index (χ3n) is 2.02. The van der Waals surface area contributed by atoms with Gasteiger partial charge in [0.25, 0.3) is 0 Å². The Bertz CT molecular complexity index is 352. The molecular weight excluding hydrogens is 221 g/mol. The maximum absolute atomic E-state index is 12.6. The van der Waals surface area contributed by atoms with Crippen LogP contribution in [0, 0.1) is 0 Å². The van der Waals surface area contributed by atoms with E-state index in [1.807, 2.05) is 0 Å². The zero-order valence-corrected chi connectivity index (χ0v) is 8.62. The Morgan fingerprint density at radius 2 is 1.94 bits per heavy atom. The molecule has 0 saturated heterocycles. The second-order valence-corrected chi connectivity index (χ2v) is 3.30. The Kier molecular flexibility index (Phi) is 3.93. The number of esters is 1. The van der Waals surface area contributed by atoms with E-state index in [0.29, 0.717) is 5.56 Å². The van der Waals surface area contributed by atoms with Crippen LogP contribution in [0.4, 0.5) is 13.2 Å². The van der Waals surface area contributed by atoms with Crippen LogP contribution in [0.1, 0.15) is 18.6 Å². The summed E-state index contributed by atoms with van der Waals surface area (Å²) in [6.45, 7) is -0.602. The molecule has 0 unspecified atom stereocenters. The summed E-state index contributed by atoms with van der Waals surface area (Å²) in [7, 11) is 0. The zero-order valence-electron chi connectivity index (χ0n) is 8.62. The minimum absolute atomic E-state index is 0.575. The Hall–Kier alpha value is -1.52. The Morgan fingerprint density at radius 1 is 1.38 bits per heavy atom. The molecule has 0 aliphatic heterocycles. The molecule has 0 N–H and O–H groups in total. The number of ether oxygens (including phenoxy) is 1. The molecule has 88 valence electrons. The van der Waals surface area contributed by atoms with Crippen LogP contribution in [0.5, 0.6) is 0 Å². The lowest BCUT2D eigenvalue weighted by Gasteiger charge is -2.17. The number of carbonyl (C=O) groups is 1. The normalized spacial score (nSPS) is 13.2. The predicted molar refractivity (Wildman–Crippen MR) is 51.9 cm³/mol. The molecule has 0 aliphatic carbocycles. The van der Waals surface area contributed by atoms with Gasteiger partial charge in [-0.3, -0.25) is 0 Å². The van der Waals surface area contributed by atoms with Gasteiger partial charge in [0.1, 0.15) is 6.10 Å². The molecule has 0 aliphatic rings. The molecule has 0 spiro atoms. The largest absolute Gasteiger partial charge is 0.453 e. The lowest BCUT2D eigenvalue weighted by molar-refractivity contribution is -0.179. The van der Waals surface area contributed by atoms with Crippen LogP contribution in [0.2, 0.25) is 0 Å². The van der Waals surface area contributed by atoms with Crippen LogP contribution >= 0.6 is 0 Å². The van der Waals surface area contributed by atoms with E-state index in [1.54, 1.807) is 30.3 Å². The van der Waals surface area contributed by atoms with Crippen molar-refractivity contribution in [2.75, 3.05) is 6.67 Å². The summed E-state index contributed by atoms with van der Waals surface area (Å²) in [5.74, 6) is -5.91. The molecule has 16 heavy (non-hydrogen) atoms. The molecule has 0 radical (unpaired) electrons. The number of alkyl halides is 3. The van der Waals surface area contributed by atoms with E-state index < -0.39 is 24.7 Å². The molecule has 0 bridgehead atoms. The highest BCUT2D eigenvalue weighted by Crippen LogP contribution is 2.22. The molecule has 0 fully saturated rings. The summed E-state index contributed by atoms with van der Waals surface area (Å²) in [5, 5.41) is 0. The number of carbonyl (C=O) groups excluding carboxylic acids is 1. The number of halogens is 3. The average molecular weight is 232 g/mol. The second-order valence-electron chi connectivity index (χ2n) is 3.30. The van der Waals surface area contributed by atoms with E-state index in [9.17, 15) is 18.0 Å². The van der Waals surface area contributed by atoms with Crippen LogP contribution in [0.3, 0.4) is 0 Å². The lowest BCUT2D eigenvalue weighted by atomic mass is 10.1. The summed E-state index contributed by atoms with van der Waals surface area (Å²) in [6, 6.07) is 8.38. The van der Waals surface area contributed by atoms with E-state index >= 15 is 0 Å². The summed E-state index contributed by atoms with van der Waals surface area (Å²) in [4.78, 5) is 10.9. The molecule has 1 aromatic carbocycles. The highest BCUT2D eigenvalue weighted by molar-refractivity contribution is 5.77. The van der Waals surface area contributed by atoms with Gasteiger partial charge in [-0.25, -0.2) is 9.18 Å². The van der Waals surface area contributed by atoms with Crippen molar-refractivity contribution >= 4 is 5.97 Å². The van der Waals surface area contributed by atoms with Crippen LogP contribution in [-0.2, 0) is 9.53 Å². The average Bonchev–Trinajstić information content (AvgIpc) is 2.30. The molecule has 5 heteroatoms. The predicted octanol–water partition coefficient (Wildman–Crippen LogP) is 2.90. The molecule has 1 rings (SSSR count). The Labute approximate surface area is 91.0 Å². The molecular formula is C11H11F3O2. The minimum Gasteiger partial charge on any atom is -0.453 e. The number of rotatable bonds is 4. The van der Waals surface area contributed by atoms with Crippen molar-refractivity contribution in [1.82, 2.24) is 0 Å². The summed E-state index contributed by atoms with van der Waals surface area (Å²) >= 11 is 0. The quantitative estimate of drug-likeness (QED) is 0.746. The first-order valence-corrected chi connectivity index (χ1v) is 4.67. The van der Waals surface area contributed by atoms with Crippen LogP contribution < -0.4 is 0 Å². The summed E-state index contributed by atoms with van der Waals surface area (Å²) < 4.78 is 41.4. The fourth-order valence-electron chi connectivity index (χ4n) is 1.09. The van der Waals surface area contributed by atoms with Crippen molar-refractivity contribution in [2.24, 2.45) is 0 Å².